The molecule has 0 aliphatic rings. The van der Waals surface area contributed by atoms with Gasteiger partial charge in [0.05, 0.1) is 11.1 Å². The van der Waals surface area contributed by atoms with Gasteiger partial charge in [-0.1, -0.05) is 54.2 Å². The first-order valence-corrected chi connectivity index (χ1v) is 10.2. The highest BCUT2D eigenvalue weighted by Crippen LogP contribution is 2.33. The fraction of sp³-hybridized carbons (Fsp3) is 0.0417. The lowest BCUT2D eigenvalue weighted by atomic mass is 10.2. The molecule has 6 nitrogen and oxygen atoms in total. The molecule has 7 heteroatoms. The highest BCUT2D eigenvalue weighted by Gasteiger charge is 2.16. The number of nitrogens with one attached hydrogen (secondary N) is 1. The van der Waals surface area contributed by atoms with Crippen LogP contribution in [0.15, 0.2) is 104 Å². The molecule has 0 spiro atoms. The van der Waals surface area contributed by atoms with Crippen LogP contribution in [0.4, 0.5) is 5.69 Å². The van der Waals surface area contributed by atoms with Crippen LogP contribution in [0.25, 0.3) is 11.0 Å². The summed E-state index contributed by atoms with van der Waals surface area (Å²) in [6.07, 6.45) is 0. The van der Waals surface area contributed by atoms with E-state index < -0.39 is 18.5 Å². The molecule has 0 fully saturated rings. The molecular weight excluding hydrogens is 414 g/mol. The van der Waals surface area contributed by atoms with Crippen molar-refractivity contribution >= 4 is 40.3 Å². The van der Waals surface area contributed by atoms with Gasteiger partial charge >= 0.3 is 5.97 Å². The van der Waals surface area contributed by atoms with Gasteiger partial charge in [0.1, 0.15) is 5.58 Å². The van der Waals surface area contributed by atoms with E-state index in [-0.39, 0.29) is 16.8 Å². The largest absolute Gasteiger partial charge is 0.450 e. The summed E-state index contributed by atoms with van der Waals surface area (Å²) in [6, 6.07) is 24.8. The number of ether oxygens (including phenoxy) is 1. The molecule has 4 aromatic rings. The number of anilines is 1. The minimum absolute atomic E-state index is 0.253. The smallest absolute Gasteiger partial charge is 0.374 e. The Morgan fingerprint density at radius 3 is 2.45 bits per heavy atom. The summed E-state index contributed by atoms with van der Waals surface area (Å²) in [6.45, 7) is -0.514. The van der Waals surface area contributed by atoms with Crippen molar-refractivity contribution in [1.29, 1.82) is 0 Å². The van der Waals surface area contributed by atoms with Crippen molar-refractivity contribution in [2.45, 2.75) is 9.79 Å². The lowest BCUT2D eigenvalue weighted by molar-refractivity contribution is -0.119. The van der Waals surface area contributed by atoms with Crippen molar-refractivity contribution < 1.29 is 18.7 Å². The van der Waals surface area contributed by atoms with Gasteiger partial charge in [0.15, 0.2) is 12.0 Å². The van der Waals surface area contributed by atoms with Crippen LogP contribution in [-0.2, 0) is 9.53 Å². The zero-order valence-electron chi connectivity index (χ0n) is 16.2. The molecule has 0 atom stereocenters. The Balaban J connectivity index is 1.41. The molecule has 1 N–H and O–H groups in total. The number of rotatable bonds is 6. The molecule has 3 aromatic carbocycles. The number of amides is 1. The Morgan fingerprint density at radius 2 is 1.61 bits per heavy atom. The fourth-order valence-electron chi connectivity index (χ4n) is 2.87. The topological polar surface area (TPSA) is 85.6 Å². The van der Waals surface area contributed by atoms with Gasteiger partial charge in [0.2, 0.25) is 5.76 Å². The van der Waals surface area contributed by atoms with Gasteiger partial charge in [-0.05, 0) is 36.4 Å². The summed E-state index contributed by atoms with van der Waals surface area (Å²) < 4.78 is 10.5. The molecule has 0 bridgehead atoms. The minimum atomic E-state index is -0.884. The van der Waals surface area contributed by atoms with E-state index >= 15 is 0 Å². The maximum Gasteiger partial charge on any atom is 0.374 e. The van der Waals surface area contributed by atoms with Crippen molar-refractivity contribution in [2.75, 3.05) is 11.9 Å². The van der Waals surface area contributed by atoms with E-state index in [2.05, 4.69) is 5.32 Å². The second-order valence-corrected chi connectivity index (χ2v) is 7.62. The summed E-state index contributed by atoms with van der Waals surface area (Å²) >= 11 is 1.51. The number of hydrogen-bond donors (Lipinski definition) is 1. The van der Waals surface area contributed by atoms with Crippen LogP contribution in [0.3, 0.4) is 0 Å². The Labute approximate surface area is 181 Å². The zero-order valence-corrected chi connectivity index (χ0v) is 17.1. The Morgan fingerprint density at radius 1 is 0.903 bits per heavy atom. The first kappa shape index (κ1) is 20.4. The normalized spacial score (nSPS) is 10.6. The van der Waals surface area contributed by atoms with Gasteiger partial charge in [-0.25, -0.2) is 4.79 Å². The van der Waals surface area contributed by atoms with Gasteiger partial charge in [0, 0.05) is 15.9 Å². The third-order valence-corrected chi connectivity index (χ3v) is 5.39. The fourth-order valence-corrected chi connectivity index (χ4v) is 3.79. The number of carbonyl (C=O) groups is 2. The maximum absolute atomic E-state index is 12.3. The predicted octanol–water partition coefficient (Wildman–Crippen LogP) is 4.74. The summed E-state index contributed by atoms with van der Waals surface area (Å²) in [7, 11) is 0. The van der Waals surface area contributed by atoms with Crippen molar-refractivity contribution in [3.63, 3.8) is 0 Å². The molecule has 154 valence electrons. The Hall–Kier alpha value is -3.84. The highest BCUT2D eigenvalue weighted by molar-refractivity contribution is 7.99. The van der Waals surface area contributed by atoms with Crippen LogP contribution < -0.4 is 10.7 Å². The standard InChI is InChI=1S/C24H17NO5S/c26-19-14-21(30-20-12-6-4-10-17(19)20)24(28)29-15-23(27)25-18-11-5-7-13-22(18)31-16-8-2-1-3-9-16/h1-14H,15H2,(H,25,27). The van der Waals surface area contributed by atoms with Crippen LogP contribution in [0.5, 0.6) is 0 Å². The van der Waals surface area contributed by atoms with Crippen molar-refractivity contribution in [2.24, 2.45) is 0 Å². The van der Waals surface area contributed by atoms with Crippen molar-refractivity contribution in [1.82, 2.24) is 0 Å². The van der Waals surface area contributed by atoms with Crippen LogP contribution in [-0.4, -0.2) is 18.5 Å². The van der Waals surface area contributed by atoms with Crippen LogP contribution in [0.1, 0.15) is 10.6 Å². The lowest BCUT2D eigenvalue weighted by Gasteiger charge is -2.11. The summed E-state index contributed by atoms with van der Waals surface area (Å²) in [4.78, 5) is 38.6. The maximum atomic E-state index is 12.3. The van der Waals surface area contributed by atoms with Crippen LogP contribution >= 0.6 is 11.8 Å². The molecule has 0 unspecified atom stereocenters. The van der Waals surface area contributed by atoms with Gasteiger partial charge < -0.3 is 14.5 Å². The number of benzene rings is 3. The van der Waals surface area contributed by atoms with Crippen LogP contribution in [0.2, 0.25) is 0 Å². The average Bonchev–Trinajstić information content (AvgIpc) is 2.79. The number of carbonyl (C=O) groups excluding carboxylic acids is 2. The lowest BCUT2D eigenvalue weighted by Crippen LogP contribution is -2.21. The van der Waals surface area contributed by atoms with E-state index in [0.29, 0.717) is 11.1 Å². The molecule has 1 amide bonds. The highest BCUT2D eigenvalue weighted by atomic mass is 32.2. The van der Waals surface area contributed by atoms with Crippen molar-refractivity contribution in [3.8, 4) is 0 Å². The molecule has 0 saturated carbocycles. The molecule has 0 aliphatic carbocycles. The van der Waals surface area contributed by atoms with Gasteiger partial charge in [-0.3, -0.25) is 9.59 Å². The average molecular weight is 431 g/mol. The van der Waals surface area contributed by atoms with E-state index in [1.807, 2.05) is 42.5 Å². The summed E-state index contributed by atoms with van der Waals surface area (Å²) in [5.74, 6) is -1.64. The van der Waals surface area contributed by atoms with Crippen LogP contribution in [0, 0.1) is 0 Å². The number of esters is 1. The second-order valence-electron chi connectivity index (χ2n) is 6.51. The van der Waals surface area contributed by atoms with Crippen molar-refractivity contribution in [3.05, 3.63) is 101 Å². The van der Waals surface area contributed by atoms with Gasteiger partial charge in [-0.15, -0.1) is 0 Å². The van der Waals surface area contributed by atoms with E-state index in [1.54, 1.807) is 36.4 Å². The molecule has 4 rings (SSSR count). The van der Waals surface area contributed by atoms with E-state index in [0.717, 1.165) is 15.9 Å². The quantitative estimate of drug-likeness (QED) is 0.444. The molecule has 0 saturated heterocycles. The molecular formula is C24H17NO5S. The van der Waals surface area contributed by atoms with E-state index in [1.165, 1.54) is 11.8 Å². The third-order valence-electron chi connectivity index (χ3n) is 4.30. The molecule has 0 radical (unpaired) electrons. The number of hydrogen-bond acceptors (Lipinski definition) is 6. The predicted molar refractivity (Wildman–Crippen MR) is 118 cm³/mol. The van der Waals surface area contributed by atoms with E-state index in [4.69, 9.17) is 9.15 Å². The first-order chi connectivity index (χ1) is 15.1. The number of para-hydroxylation sites is 2. The Kier molecular flexibility index (Phi) is 6.14. The molecule has 1 aromatic heterocycles. The monoisotopic (exact) mass is 431 g/mol. The third kappa shape index (κ3) is 5.02. The number of fused-ring (bicyclic) bond motifs is 1. The summed E-state index contributed by atoms with van der Waals surface area (Å²) in [5.41, 5.74) is 0.526. The van der Waals surface area contributed by atoms with Gasteiger partial charge in [0.25, 0.3) is 5.91 Å². The molecule has 31 heavy (non-hydrogen) atoms. The second kappa shape index (κ2) is 9.32. The van der Waals surface area contributed by atoms with Gasteiger partial charge in [-0.2, -0.15) is 0 Å². The molecule has 0 aliphatic heterocycles. The first-order valence-electron chi connectivity index (χ1n) is 9.42. The Bertz CT molecular complexity index is 1300. The SMILES string of the molecule is O=C(COC(=O)c1cc(=O)c2ccccc2o1)Nc1ccccc1Sc1ccccc1. The minimum Gasteiger partial charge on any atom is -0.450 e. The zero-order chi connectivity index (χ0) is 21.6. The summed E-state index contributed by atoms with van der Waals surface area (Å²) in [5, 5.41) is 3.11. The van der Waals surface area contributed by atoms with E-state index in [9.17, 15) is 14.4 Å². The molecule has 1 heterocycles.